The molecule has 4 nitrogen and oxygen atoms in total. The van der Waals surface area contributed by atoms with Gasteiger partial charge in [0.25, 0.3) is 0 Å². The van der Waals surface area contributed by atoms with Gasteiger partial charge in [0.05, 0.1) is 7.11 Å². The zero-order valence-electron chi connectivity index (χ0n) is 11.9. The Morgan fingerprint density at radius 1 is 1.40 bits per heavy atom. The molecule has 0 saturated heterocycles. The van der Waals surface area contributed by atoms with Crippen molar-refractivity contribution in [3.63, 3.8) is 0 Å². The molecule has 0 spiro atoms. The summed E-state index contributed by atoms with van der Waals surface area (Å²) in [7, 11) is 1.64. The Bertz CT molecular complexity index is 615. The standard InChI is InChI=1S/C15H19N3OS/c1-4-10(2)17-15(20)18-12-7-8-13(19-3)14-11(12)6-5-9-16-14/h5-10H,4H2,1-3H3,(H2,17,18,20)/t10-/m1/s1. The molecule has 0 aliphatic heterocycles. The molecule has 0 aliphatic carbocycles. The van der Waals surface area contributed by atoms with Gasteiger partial charge >= 0.3 is 0 Å². The summed E-state index contributed by atoms with van der Waals surface area (Å²) in [6.45, 7) is 4.22. The fourth-order valence-corrected chi connectivity index (χ4v) is 2.22. The lowest BCUT2D eigenvalue weighted by atomic mass is 10.1. The number of rotatable bonds is 4. The van der Waals surface area contributed by atoms with Gasteiger partial charge in [0.2, 0.25) is 0 Å². The quantitative estimate of drug-likeness (QED) is 0.845. The Labute approximate surface area is 124 Å². The maximum absolute atomic E-state index is 5.33. The third kappa shape index (κ3) is 3.17. The number of hydrogen-bond donors (Lipinski definition) is 2. The van der Waals surface area contributed by atoms with Gasteiger partial charge in [-0.25, -0.2) is 0 Å². The summed E-state index contributed by atoms with van der Waals surface area (Å²) in [5.74, 6) is 0.756. The normalized spacial score (nSPS) is 11.9. The summed E-state index contributed by atoms with van der Waals surface area (Å²) in [6, 6.07) is 8.09. The number of fused-ring (bicyclic) bond motifs is 1. The van der Waals surface area contributed by atoms with Gasteiger partial charge < -0.3 is 15.4 Å². The van der Waals surface area contributed by atoms with Crippen LogP contribution in [-0.2, 0) is 0 Å². The van der Waals surface area contributed by atoms with E-state index in [1.165, 1.54) is 0 Å². The second-order valence-corrected chi connectivity index (χ2v) is 5.03. The number of ether oxygens (including phenoxy) is 1. The van der Waals surface area contributed by atoms with Crippen molar-refractivity contribution in [1.29, 1.82) is 0 Å². The van der Waals surface area contributed by atoms with Crippen LogP contribution in [0.5, 0.6) is 5.75 Å². The predicted molar refractivity (Wildman–Crippen MR) is 87.4 cm³/mol. The maximum atomic E-state index is 5.33. The highest BCUT2D eigenvalue weighted by atomic mass is 32.1. The smallest absolute Gasteiger partial charge is 0.171 e. The molecule has 0 unspecified atom stereocenters. The molecule has 1 atom stereocenters. The van der Waals surface area contributed by atoms with Crippen LogP contribution in [0.2, 0.25) is 0 Å². The fourth-order valence-electron chi connectivity index (χ4n) is 1.90. The van der Waals surface area contributed by atoms with Crippen molar-refractivity contribution in [2.45, 2.75) is 26.3 Å². The van der Waals surface area contributed by atoms with Gasteiger partial charge in [0.15, 0.2) is 5.11 Å². The minimum absolute atomic E-state index is 0.345. The molecule has 106 valence electrons. The van der Waals surface area contributed by atoms with Gasteiger partial charge in [-0.2, -0.15) is 0 Å². The number of benzene rings is 1. The highest BCUT2D eigenvalue weighted by Crippen LogP contribution is 2.29. The first-order valence-electron chi connectivity index (χ1n) is 6.65. The highest BCUT2D eigenvalue weighted by molar-refractivity contribution is 7.80. The lowest BCUT2D eigenvalue weighted by molar-refractivity contribution is 0.419. The van der Waals surface area contributed by atoms with Crippen molar-refractivity contribution in [1.82, 2.24) is 10.3 Å². The summed E-state index contributed by atoms with van der Waals surface area (Å²) in [5, 5.41) is 8.07. The summed E-state index contributed by atoms with van der Waals surface area (Å²) in [6.07, 6.45) is 2.77. The van der Waals surface area contributed by atoms with E-state index in [1.54, 1.807) is 13.3 Å². The molecule has 0 radical (unpaired) electrons. The molecule has 0 aliphatic rings. The lowest BCUT2D eigenvalue weighted by Gasteiger charge is -2.17. The molecule has 0 fully saturated rings. The number of anilines is 1. The minimum atomic E-state index is 0.345. The van der Waals surface area contributed by atoms with Crippen LogP contribution in [0.3, 0.4) is 0 Å². The maximum Gasteiger partial charge on any atom is 0.171 e. The summed E-state index contributed by atoms with van der Waals surface area (Å²) in [5.41, 5.74) is 1.75. The van der Waals surface area contributed by atoms with Crippen LogP contribution in [0.25, 0.3) is 10.9 Å². The molecule has 1 aromatic carbocycles. The molecule has 2 N–H and O–H groups in total. The Hall–Kier alpha value is -1.88. The van der Waals surface area contributed by atoms with Gasteiger partial charge in [0, 0.05) is 23.3 Å². The molecule has 0 amide bonds. The second-order valence-electron chi connectivity index (χ2n) is 4.62. The number of nitrogens with one attached hydrogen (secondary N) is 2. The van der Waals surface area contributed by atoms with E-state index in [4.69, 9.17) is 17.0 Å². The number of pyridine rings is 1. The molecule has 5 heteroatoms. The van der Waals surface area contributed by atoms with Crippen molar-refractivity contribution >= 4 is 33.9 Å². The molecule has 1 heterocycles. The monoisotopic (exact) mass is 289 g/mol. The predicted octanol–water partition coefficient (Wildman–Crippen LogP) is 3.33. The number of thiocarbonyl (C=S) groups is 1. The van der Waals surface area contributed by atoms with Crippen molar-refractivity contribution in [2.24, 2.45) is 0 Å². The second kappa shape index (κ2) is 6.52. The third-order valence-corrected chi connectivity index (χ3v) is 3.41. The van der Waals surface area contributed by atoms with Crippen LogP contribution in [0.4, 0.5) is 5.69 Å². The van der Waals surface area contributed by atoms with E-state index in [-0.39, 0.29) is 0 Å². The Balaban J connectivity index is 2.29. The van der Waals surface area contributed by atoms with Gasteiger partial charge in [0.1, 0.15) is 11.3 Å². The molecule has 2 aromatic rings. The molecular weight excluding hydrogens is 270 g/mol. The zero-order valence-corrected chi connectivity index (χ0v) is 12.8. The van der Waals surface area contributed by atoms with Crippen LogP contribution >= 0.6 is 12.2 Å². The van der Waals surface area contributed by atoms with Crippen molar-refractivity contribution in [3.8, 4) is 5.75 Å². The molecule has 0 bridgehead atoms. The van der Waals surface area contributed by atoms with Crippen LogP contribution in [-0.4, -0.2) is 23.2 Å². The van der Waals surface area contributed by atoms with E-state index in [1.807, 2.05) is 24.3 Å². The minimum Gasteiger partial charge on any atom is -0.494 e. The van der Waals surface area contributed by atoms with Gasteiger partial charge in [-0.1, -0.05) is 6.92 Å². The van der Waals surface area contributed by atoms with Crippen LogP contribution in [0.15, 0.2) is 30.5 Å². The number of nitrogens with zero attached hydrogens (tertiary/aromatic N) is 1. The topological polar surface area (TPSA) is 46.2 Å². The first-order chi connectivity index (χ1) is 9.65. The Morgan fingerprint density at radius 2 is 2.20 bits per heavy atom. The Kier molecular flexibility index (Phi) is 4.74. The first kappa shape index (κ1) is 14.5. The van der Waals surface area contributed by atoms with Crippen molar-refractivity contribution < 1.29 is 4.74 Å². The molecule has 20 heavy (non-hydrogen) atoms. The third-order valence-electron chi connectivity index (χ3n) is 3.19. The SMILES string of the molecule is CC[C@@H](C)NC(=S)Nc1ccc(OC)c2ncccc12. The molecule has 2 rings (SSSR count). The zero-order chi connectivity index (χ0) is 14.5. The molecule has 1 aromatic heterocycles. The van der Waals surface area contributed by atoms with E-state index < -0.39 is 0 Å². The summed E-state index contributed by atoms with van der Waals surface area (Å²) in [4.78, 5) is 4.37. The van der Waals surface area contributed by atoms with E-state index in [0.717, 1.165) is 28.8 Å². The van der Waals surface area contributed by atoms with Crippen LogP contribution in [0, 0.1) is 0 Å². The van der Waals surface area contributed by atoms with Gasteiger partial charge in [-0.15, -0.1) is 0 Å². The average molecular weight is 289 g/mol. The first-order valence-corrected chi connectivity index (χ1v) is 7.05. The van der Waals surface area contributed by atoms with E-state index in [0.29, 0.717) is 11.2 Å². The van der Waals surface area contributed by atoms with Crippen LogP contribution < -0.4 is 15.4 Å². The number of aromatic nitrogens is 1. The number of hydrogen-bond acceptors (Lipinski definition) is 3. The Morgan fingerprint density at radius 3 is 2.90 bits per heavy atom. The van der Waals surface area contributed by atoms with Crippen LogP contribution in [0.1, 0.15) is 20.3 Å². The van der Waals surface area contributed by atoms with Gasteiger partial charge in [-0.3, -0.25) is 4.98 Å². The highest BCUT2D eigenvalue weighted by Gasteiger charge is 2.09. The summed E-state index contributed by atoms with van der Waals surface area (Å²) >= 11 is 5.33. The largest absolute Gasteiger partial charge is 0.494 e. The van der Waals surface area contributed by atoms with E-state index >= 15 is 0 Å². The van der Waals surface area contributed by atoms with Crippen molar-refractivity contribution in [2.75, 3.05) is 12.4 Å². The lowest BCUT2D eigenvalue weighted by Crippen LogP contribution is -2.35. The number of methoxy groups -OCH3 is 1. The summed E-state index contributed by atoms with van der Waals surface area (Å²) < 4.78 is 5.33. The van der Waals surface area contributed by atoms with Gasteiger partial charge in [-0.05, 0) is 49.8 Å². The molecule has 0 saturated carbocycles. The van der Waals surface area contributed by atoms with Crippen molar-refractivity contribution in [3.05, 3.63) is 30.5 Å². The fraction of sp³-hybridized carbons (Fsp3) is 0.333. The van der Waals surface area contributed by atoms with E-state index in [9.17, 15) is 0 Å². The molecular formula is C15H19N3OS. The van der Waals surface area contributed by atoms with E-state index in [2.05, 4.69) is 29.5 Å². The average Bonchev–Trinajstić information content (AvgIpc) is 2.47.